The first-order chi connectivity index (χ1) is 11.4. The summed E-state index contributed by atoms with van der Waals surface area (Å²) >= 11 is 0. The lowest BCUT2D eigenvalue weighted by molar-refractivity contribution is -0.126. The number of hydrogen-bond donors (Lipinski definition) is 1. The molecule has 0 unspecified atom stereocenters. The second-order valence-corrected chi connectivity index (χ2v) is 8.96. The van der Waals surface area contributed by atoms with Crippen molar-refractivity contribution < 1.29 is 22.7 Å². The SMILES string of the molecule is CCOC(=O)N1CCC[C@@H](C(=O)NCCC2CCS(=O)(=O)CC2)C1. The van der Waals surface area contributed by atoms with Crippen LogP contribution in [0.15, 0.2) is 0 Å². The van der Waals surface area contributed by atoms with Gasteiger partial charge in [-0.15, -0.1) is 0 Å². The summed E-state index contributed by atoms with van der Waals surface area (Å²) in [5.41, 5.74) is 0. The summed E-state index contributed by atoms with van der Waals surface area (Å²) in [6.45, 7) is 3.72. The molecule has 2 heterocycles. The monoisotopic (exact) mass is 360 g/mol. The van der Waals surface area contributed by atoms with Crippen LogP contribution >= 0.6 is 0 Å². The van der Waals surface area contributed by atoms with Gasteiger partial charge in [0.05, 0.1) is 24.0 Å². The Balaban J connectivity index is 1.69. The Bertz CT molecular complexity index is 535. The van der Waals surface area contributed by atoms with E-state index < -0.39 is 9.84 Å². The van der Waals surface area contributed by atoms with Crippen LogP contribution in [0.4, 0.5) is 4.79 Å². The van der Waals surface area contributed by atoms with Crippen molar-refractivity contribution >= 4 is 21.8 Å². The summed E-state index contributed by atoms with van der Waals surface area (Å²) in [5.74, 6) is 0.699. The van der Waals surface area contributed by atoms with Crippen molar-refractivity contribution in [3.8, 4) is 0 Å². The zero-order valence-electron chi connectivity index (χ0n) is 14.3. The Morgan fingerprint density at radius 3 is 2.58 bits per heavy atom. The molecule has 1 N–H and O–H groups in total. The van der Waals surface area contributed by atoms with Crippen LogP contribution < -0.4 is 5.32 Å². The number of nitrogens with one attached hydrogen (secondary N) is 1. The van der Waals surface area contributed by atoms with Crippen LogP contribution in [-0.2, 0) is 19.4 Å². The van der Waals surface area contributed by atoms with Crippen LogP contribution in [0.25, 0.3) is 0 Å². The topological polar surface area (TPSA) is 92.8 Å². The third kappa shape index (κ3) is 5.65. The van der Waals surface area contributed by atoms with Crippen molar-refractivity contribution in [3.05, 3.63) is 0 Å². The zero-order chi connectivity index (χ0) is 17.6. The highest BCUT2D eigenvalue weighted by Gasteiger charge is 2.29. The van der Waals surface area contributed by atoms with E-state index in [-0.39, 0.29) is 29.4 Å². The fraction of sp³-hybridized carbons (Fsp3) is 0.875. The minimum atomic E-state index is -2.83. The fourth-order valence-electron chi connectivity index (χ4n) is 3.34. The Kier molecular flexibility index (Phi) is 6.89. The van der Waals surface area contributed by atoms with Gasteiger partial charge in [-0.3, -0.25) is 4.79 Å². The summed E-state index contributed by atoms with van der Waals surface area (Å²) in [5, 5.41) is 2.94. The van der Waals surface area contributed by atoms with E-state index in [2.05, 4.69) is 5.32 Å². The van der Waals surface area contributed by atoms with E-state index in [4.69, 9.17) is 4.74 Å². The number of ether oxygens (including phenoxy) is 1. The van der Waals surface area contributed by atoms with Crippen molar-refractivity contribution in [3.63, 3.8) is 0 Å². The lowest BCUT2D eigenvalue weighted by atomic mass is 9.96. The lowest BCUT2D eigenvalue weighted by Crippen LogP contribution is -2.46. The third-order valence-electron chi connectivity index (χ3n) is 4.84. The van der Waals surface area contributed by atoms with E-state index in [0.29, 0.717) is 45.0 Å². The summed E-state index contributed by atoms with van der Waals surface area (Å²) < 4.78 is 27.8. The summed E-state index contributed by atoms with van der Waals surface area (Å²) in [6, 6.07) is 0. The van der Waals surface area contributed by atoms with E-state index >= 15 is 0 Å². The molecule has 2 saturated heterocycles. The maximum atomic E-state index is 12.3. The number of sulfone groups is 1. The van der Waals surface area contributed by atoms with Gasteiger partial charge in [-0.1, -0.05) is 0 Å². The average Bonchev–Trinajstić information content (AvgIpc) is 2.56. The molecule has 0 aliphatic carbocycles. The maximum Gasteiger partial charge on any atom is 0.409 e. The number of amides is 2. The lowest BCUT2D eigenvalue weighted by Gasteiger charge is -2.31. The van der Waals surface area contributed by atoms with Crippen LogP contribution in [-0.4, -0.2) is 63.1 Å². The van der Waals surface area contributed by atoms with Crippen molar-refractivity contribution in [2.45, 2.75) is 39.0 Å². The molecule has 2 amide bonds. The second kappa shape index (κ2) is 8.69. The molecule has 7 nitrogen and oxygen atoms in total. The van der Waals surface area contributed by atoms with Gasteiger partial charge in [0.15, 0.2) is 0 Å². The highest BCUT2D eigenvalue weighted by atomic mass is 32.2. The summed E-state index contributed by atoms with van der Waals surface area (Å²) in [4.78, 5) is 25.6. The third-order valence-corrected chi connectivity index (χ3v) is 6.56. The predicted molar refractivity (Wildman–Crippen MR) is 90.3 cm³/mol. The number of piperidine rings is 1. The number of carbonyl (C=O) groups is 2. The van der Waals surface area contributed by atoms with Gasteiger partial charge in [0, 0.05) is 19.6 Å². The number of carbonyl (C=O) groups excluding carboxylic acids is 2. The van der Waals surface area contributed by atoms with Gasteiger partial charge in [-0.2, -0.15) is 0 Å². The zero-order valence-corrected chi connectivity index (χ0v) is 15.1. The standard InChI is InChI=1S/C16H28N2O5S/c1-2-23-16(20)18-9-3-4-14(12-18)15(19)17-8-5-13-6-10-24(21,22)11-7-13/h13-14H,2-12H2,1H3,(H,17,19)/t14-/m1/s1. The molecule has 24 heavy (non-hydrogen) atoms. The molecule has 8 heteroatoms. The molecule has 2 rings (SSSR count). The predicted octanol–water partition coefficient (Wildman–Crippen LogP) is 1.19. The second-order valence-electron chi connectivity index (χ2n) is 6.66. The Labute approximate surface area is 144 Å². The quantitative estimate of drug-likeness (QED) is 0.795. The van der Waals surface area contributed by atoms with E-state index in [9.17, 15) is 18.0 Å². The largest absolute Gasteiger partial charge is 0.450 e. The number of likely N-dealkylation sites (tertiary alicyclic amines) is 1. The molecule has 0 bridgehead atoms. The molecule has 0 aromatic heterocycles. The molecule has 2 fully saturated rings. The molecular formula is C16H28N2O5S. The molecular weight excluding hydrogens is 332 g/mol. The first-order valence-corrected chi connectivity index (χ1v) is 10.6. The molecule has 2 aliphatic heterocycles. The fourth-order valence-corrected chi connectivity index (χ4v) is 4.93. The average molecular weight is 360 g/mol. The van der Waals surface area contributed by atoms with Crippen LogP contribution in [0.5, 0.6) is 0 Å². The Morgan fingerprint density at radius 1 is 1.21 bits per heavy atom. The molecule has 0 radical (unpaired) electrons. The number of nitrogens with zero attached hydrogens (tertiary/aromatic N) is 1. The number of rotatable bonds is 5. The first kappa shape index (κ1) is 19.0. The van der Waals surface area contributed by atoms with Crippen molar-refractivity contribution in [2.75, 3.05) is 37.7 Å². The van der Waals surface area contributed by atoms with E-state index in [1.165, 1.54) is 0 Å². The van der Waals surface area contributed by atoms with Gasteiger partial charge >= 0.3 is 6.09 Å². The smallest absolute Gasteiger partial charge is 0.409 e. The number of hydrogen-bond acceptors (Lipinski definition) is 5. The van der Waals surface area contributed by atoms with Gasteiger partial charge in [0.25, 0.3) is 0 Å². The first-order valence-electron chi connectivity index (χ1n) is 8.81. The minimum absolute atomic E-state index is 0.0209. The van der Waals surface area contributed by atoms with Crippen molar-refractivity contribution in [1.82, 2.24) is 10.2 Å². The Hall–Kier alpha value is -1.31. The van der Waals surface area contributed by atoms with Gasteiger partial charge in [-0.25, -0.2) is 13.2 Å². The van der Waals surface area contributed by atoms with Crippen LogP contribution in [0.1, 0.15) is 39.0 Å². The van der Waals surface area contributed by atoms with Gasteiger partial charge in [-0.05, 0) is 44.9 Å². The van der Waals surface area contributed by atoms with Gasteiger partial charge in [0.1, 0.15) is 9.84 Å². The van der Waals surface area contributed by atoms with E-state index in [0.717, 1.165) is 19.3 Å². The summed E-state index contributed by atoms with van der Waals surface area (Å²) in [6.07, 6.45) is 3.44. The van der Waals surface area contributed by atoms with Gasteiger partial charge < -0.3 is 15.0 Å². The summed E-state index contributed by atoms with van der Waals surface area (Å²) in [7, 11) is -2.83. The normalized spacial score (nSPS) is 24.4. The molecule has 1 atom stereocenters. The van der Waals surface area contributed by atoms with E-state index in [1.807, 2.05) is 0 Å². The minimum Gasteiger partial charge on any atom is -0.450 e. The molecule has 0 aromatic carbocycles. The molecule has 2 aliphatic rings. The van der Waals surface area contributed by atoms with Crippen LogP contribution in [0, 0.1) is 11.8 Å². The highest BCUT2D eigenvalue weighted by molar-refractivity contribution is 7.91. The van der Waals surface area contributed by atoms with E-state index in [1.54, 1.807) is 11.8 Å². The maximum absolute atomic E-state index is 12.3. The molecule has 0 saturated carbocycles. The van der Waals surface area contributed by atoms with Crippen molar-refractivity contribution in [1.29, 1.82) is 0 Å². The molecule has 0 aromatic rings. The van der Waals surface area contributed by atoms with Gasteiger partial charge in [0.2, 0.25) is 5.91 Å². The van der Waals surface area contributed by atoms with Crippen molar-refractivity contribution in [2.24, 2.45) is 11.8 Å². The van der Waals surface area contributed by atoms with Crippen LogP contribution in [0.3, 0.4) is 0 Å². The van der Waals surface area contributed by atoms with Crippen LogP contribution in [0.2, 0.25) is 0 Å². The Morgan fingerprint density at radius 2 is 1.92 bits per heavy atom. The molecule has 0 spiro atoms. The highest BCUT2D eigenvalue weighted by Crippen LogP contribution is 2.22. The molecule has 138 valence electrons.